The predicted octanol–water partition coefficient (Wildman–Crippen LogP) is 2.55. The van der Waals surface area contributed by atoms with Gasteiger partial charge in [-0.1, -0.05) is 60.7 Å². The Morgan fingerprint density at radius 1 is 0.906 bits per heavy atom. The Hall–Kier alpha value is -3.56. The van der Waals surface area contributed by atoms with Crippen LogP contribution in [0.15, 0.2) is 87.4 Å². The summed E-state index contributed by atoms with van der Waals surface area (Å²) in [7, 11) is -4.03. The van der Waals surface area contributed by atoms with Crippen LogP contribution in [0.5, 0.6) is 0 Å². The van der Waals surface area contributed by atoms with E-state index >= 15 is 0 Å². The molecule has 8 nitrogen and oxygen atoms in total. The third-order valence-electron chi connectivity index (χ3n) is 5.53. The number of hydrogen-bond acceptors (Lipinski definition) is 5. The molecule has 1 aliphatic rings. The van der Waals surface area contributed by atoms with Crippen molar-refractivity contribution >= 4 is 21.1 Å². The lowest BCUT2D eigenvalue weighted by Crippen LogP contribution is -2.37. The van der Waals surface area contributed by atoms with Gasteiger partial charge in [-0.2, -0.15) is 4.31 Å². The Kier molecular flexibility index (Phi) is 4.99. The summed E-state index contributed by atoms with van der Waals surface area (Å²) in [6, 6.07) is 19.6. The highest BCUT2D eigenvalue weighted by molar-refractivity contribution is 7.89. The van der Waals surface area contributed by atoms with E-state index in [2.05, 4.69) is 15.0 Å². The summed E-state index contributed by atoms with van der Waals surface area (Å²) < 4.78 is 29.4. The highest BCUT2D eigenvalue weighted by Crippen LogP contribution is 2.42. The quantitative estimate of drug-likeness (QED) is 0.470. The molecule has 0 radical (unpaired) electrons. The summed E-state index contributed by atoms with van der Waals surface area (Å²) in [5.74, 6) is 0. The molecule has 0 bridgehead atoms. The largest absolute Gasteiger partial charge is 0.327 e. The Morgan fingerprint density at radius 3 is 2.06 bits per heavy atom. The van der Waals surface area contributed by atoms with Gasteiger partial charge < -0.3 is 0 Å². The number of benzene rings is 2. The van der Waals surface area contributed by atoms with E-state index < -0.39 is 27.3 Å². The van der Waals surface area contributed by atoms with Gasteiger partial charge in [0.1, 0.15) is 10.5 Å². The Morgan fingerprint density at radius 2 is 1.50 bits per heavy atom. The first-order valence-electron chi connectivity index (χ1n) is 10.2. The van der Waals surface area contributed by atoms with Gasteiger partial charge in [-0.3, -0.25) is 14.8 Å². The van der Waals surface area contributed by atoms with Gasteiger partial charge in [-0.25, -0.2) is 18.2 Å². The number of aromatic nitrogens is 3. The molecule has 1 fully saturated rings. The first kappa shape index (κ1) is 20.3. The van der Waals surface area contributed by atoms with Crippen LogP contribution in [-0.4, -0.2) is 33.7 Å². The summed E-state index contributed by atoms with van der Waals surface area (Å²) in [5.41, 5.74) is 0.362. The fourth-order valence-electron chi connectivity index (χ4n) is 3.92. The number of aromatic amines is 2. The maximum Gasteiger partial charge on any atom is 0.327 e. The van der Waals surface area contributed by atoms with Crippen LogP contribution in [0.3, 0.4) is 0 Å². The third kappa shape index (κ3) is 3.65. The van der Waals surface area contributed by atoms with Crippen molar-refractivity contribution in [2.45, 2.75) is 29.8 Å². The number of nitrogens with zero attached hydrogens (tertiary/aromatic N) is 2. The molecule has 2 aromatic heterocycles. The third-order valence-corrected chi connectivity index (χ3v) is 7.42. The number of hydrogen-bond donors (Lipinski definition) is 2. The molecule has 2 heterocycles. The number of fused-ring (bicyclic) bond motifs is 1. The van der Waals surface area contributed by atoms with Gasteiger partial charge in [0.2, 0.25) is 10.0 Å². The molecule has 0 unspecified atom stereocenters. The van der Waals surface area contributed by atoms with Crippen molar-refractivity contribution in [2.75, 3.05) is 0 Å². The zero-order valence-corrected chi connectivity index (χ0v) is 17.7. The molecule has 5 rings (SSSR count). The first-order chi connectivity index (χ1) is 15.4. The molecule has 32 heavy (non-hydrogen) atoms. The Bertz CT molecular complexity index is 1450. The van der Waals surface area contributed by atoms with Crippen LogP contribution < -0.4 is 11.2 Å². The molecule has 2 aromatic carbocycles. The minimum absolute atomic E-state index is 0.0115. The minimum Gasteiger partial charge on any atom is -0.291 e. The monoisotopic (exact) mass is 448 g/mol. The van der Waals surface area contributed by atoms with Crippen molar-refractivity contribution in [3.8, 4) is 0 Å². The fraction of sp³-hybridized carbons (Fsp3) is 0.174. The van der Waals surface area contributed by atoms with Gasteiger partial charge in [-0.05, 0) is 30.0 Å². The molecule has 0 spiro atoms. The lowest BCUT2D eigenvalue weighted by atomic mass is 9.98. The van der Waals surface area contributed by atoms with Crippen LogP contribution in [-0.2, 0) is 10.0 Å². The molecule has 2 N–H and O–H groups in total. The molecule has 0 amide bonds. The summed E-state index contributed by atoms with van der Waals surface area (Å²) in [6.45, 7) is 0. The number of H-pyrrole nitrogens is 2. The first-order valence-corrected chi connectivity index (χ1v) is 11.6. The van der Waals surface area contributed by atoms with Gasteiger partial charge in [0, 0.05) is 12.2 Å². The average Bonchev–Trinajstić information content (AvgIpc) is 3.63. The van der Waals surface area contributed by atoms with Gasteiger partial charge in [-0.15, -0.1) is 0 Å². The van der Waals surface area contributed by atoms with Gasteiger partial charge in [0.05, 0.1) is 11.4 Å². The van der Waals surface area contributed by atoms with E-state index in [4.69, 9.17) is 0 Å². The standard InChI is InChI=1S/C23H20N4O4S/c28-22-19-13-18(14-24-21(19)25-23(29)26-22)32(30,31)27(17-11-12-17)20(15-7-3-1-4-8-15)16-9-5-2-6-10-16/h1-10,13-14,17,20H,11-12H2,(H2,24,25,26,28,29). The molecule has 0 aliphatic heterocycles. The zero-order chi connectivity index (χ0) is 22.3. The number of sulfonamides is 1. The summed E-state index contributed by atoms with van der Waals surface area (Å²) in [4.78, 5) is 32.3. The molecule has 1 aliphatic carbocycles. The Labute approximate surface area is 183 Å². The molecule has 9 heteroatoms. The molecule has 0 atom stereocenters. The molecule has 0 saturated heterocycles. The number of nitrogens with one attached hydrogen (secondary N) is 2. The maximum atomic E-state index is 13.9. The lowest BCUT2D eigenvalue weighted by Gasteiger charge is -2.32. The zero-order valence-electron chi connectivity index (χ0n) is 16.9. The second-order valence-electron chi connectivity index (χ2n) is 7.77. The van der Waals surface area contributed by atoms with Crippen LogP contribution in [0.2, 0.25) is 0 Å². The topological polar surface area (TPSA) is 116 Å². The van der Waals surface area contributed by atoms with Crippen molar-refractivity contribution in [2.24, 2.45) is 0 Å². The summed E-state index contributed by atoms with van der Waals surface area (Å²) in [6.07, 6.45) is 2.70. The number of rotatable bonds is 6. The van der Waals surface area contributed by atoms with E-state index in [1.807, 2.05) is 60.7 Å². The minimum atomic E-state index is -4.03. The van der Waals surface area contributed by atoms with Gasteiger partial charge >= 0.3 is 5.69 Å². The smallest absolute Gasteiger partial charge is 0.291 e. The molecule has 4 aromatic rings. The van der Waals surface area contributed by atoms with Crippen molar-refractivity contribution in [3.05, 3.63) is 105 Å². The molecular weight excluding hydrogens is 428 g/mol. The van der Waals surface area contributed by atoms with Crippen molar-refractivity contribution in [1.82, 2.24) is 19.3 Å². The SMILES string of the molecule is O=c1[nH]c(=O)c2cc(S(=O)(=O)N(C3CC3)C(c3ccccc3)c3ccccc3)cnc2[nH]1. The van der Waals surface area contributed by atoms with Gasteiger partial charge in [0.15, 0.2) is 0 Å². The molecule has 162 valence electrons. The van der Waals surface area contributed by atoms with Crippen LogP contribution in [0.4, 0.5) is 0 Å². The van der Waals surface area contributed by atoms with Crippen molar-refractivity contribution in [3.63, 3.8) is 0 Å². The van der Waals surface area contributed by atoms with E-state index in [1.54, 1.807) is 0 Å². The highest BCUT2D eigenvalue weighted by atomic mass is 32.2. The average molecular weight is 449 g/mol. The van der Waals surface area contributed by atoms with E-state index in [1.165, 1.54) is 16.6 Å². The van der Waals surface area contributed by atoms with Crippen LogP contribution in [0.25, 0.3) is 11.0 Å². The van der Waals surface area contributed by atoms with Crippen LogP contribution >= 0.6 is 0 Å². The second-order valence-corrected chi connectivity index (χ2v) is 9.61. The highest BCUT2D eigenvalue weighted by Gasteiger charge is 2.44. The van der Waals surface area contributed by atoms with Crippen molar-refractivity contribution < 1.29 is 8.42 Å². The normalized spacial score (nSPS) is 14.3. The summed E-state index contributed by atoms with van der Waals surface area (Å²) in [5, 5.41) is 0.0115. The Balaban J connectivity index is 1.69. The van der Waals surface area contributed by atoms with Crippen molar-refractivity contribution in [1.29, 1.82) is 0 Å². The fourth-order valence-corrected chi connectivity index (χ4v) is 5.74. The predicted molar refractivity (Wildman–Crippen MR) is 120 cm³/mol. The summed E-state index contributed by atoms with van der Waals surface area (Å²) >= 11 is 0. The second kappa shape index (κ2) is 7.85. The van der Waals surface area contributed by atoms with E-state index in [0.717, 1.165) is 24.0 Å². The molecule has 1 saturated carbocycles. The van der Waals surface area contributed by atoms with Gasteiger partial charge in [0.25, 0.3) is 5.56 Å². The molecular formula is C23H20N4O4S. The van der Waals surface area contributed by atoms with E-state index in [-0.39, 0.29) is 22.0 Å². The lowest BCUT2D eigenvalue weighted by molar-refractivity contribution is 0.351. The maximum absolute atomic E-state index is 13.9. The number of pyridine rings is 1. The van der Waals surface area contributed by atoms with Crippen LogP contribution in [0, 0.1) is 0 Å². The van der Waals surface area contributed by atoms with Crippen LogP contribution in [0.1, 0.15) is 30.0 Å². The van der Waals surface area contributed by atoms with E-state index in [0.29, 0.717) is 0 Å². The van der Waals surface area contributed by atoms with E-state index in [9.17, 15) is 18.0 Å².